The van der Waals surface area contributed by atoms with Gasteiger partial charge in [0.2, 0.25) is 21.8 Å². The average molecular weight is 566 g/mol. The minimum Gasteiger partial charge on any atom is -0.357 e. The highest BCUT2D eigenvalue weighted by atomic mass is 35.5. The van der Waals surface area contributed by atoms with Crippen molar-refractivity contribution in [3.8, 4) is 0 Å². The van der Waals surface area contributed by atoms with E-state index in [0.717, 1.165) is 28.3 Å². The molecule has 7 nitrogen and oxygen atoms in total. The second kappa shape index (κ2) is 12.4. The molecule has 3 rings (SSSR count). The van der Waals surface area contributed by atoms with Crippen LogP contribution in [0.4, 0.5) is 10.1 Å². The normalized spacial score (nSPS) is 12.0. The molecular formula is C26H26Cl2FN3O4S. The number of anilines is 1. The van der Waals surface area contributed by atoms with E-state index in [9.17, 15) is 22.4 Å². The lowest BCUT2D eigenvalue weighted by atomic mass is 10.0. The summed E-state index contributed by atoms with van der Waals surface area (Å²) in [6, 6.07) is 18.4. The molecule has 1 atom stereocenters. The first-order valence-corrected chi connectivity index (χ1v) is 13.8. The van der Waals surface area contributed by atoms with Gasteiger partial charge in [-0.05, 0) is 41.5 Å². The second-order valence-corrected chi connectivity index (χ2v) is 11.1. The van der Waals surface area contributed by atoms with Gasteiger partial charge < -0.3 is 10.2 Å². The Labute approximate surface area is 225 Å². The van der Waals surface area contributed by atoms with Crippen LogP contribution in [-0.2, 0) is 32.6 Å². The van der Waals surface area contributed by atoms with Crippen molar-refractivity contribution in [3.05, 3.63) is 99.8 Å². The van der Waals surface area contributed by atoms with Crippen molar-refractivity contribution in [1.82, 2.24) is 10.2 Å². The van der Waals surface area contributed by atoms with Crippen LogP contribution < -0.4 is 9.62 Å². The van der Waals surface area contributed by atoms with Gasteiger partial charge in [-0.15, -0.1) is 0 Å². The highest BCUT2D eigenvalue weighted by Crippen LogP contribution is 2.25. The molecule has 1 unspecified atom stereocenters. The fourth-order valence-electron chi connectivity index (χ4n) is 3.76. The minimum atomic E-state index is -3.98. The number of nitrogens with one attached hydrogen (secondary N) is 1. The molecule has 0 fully saturated rings. The number of amides is 2. The fraction of sp³-hybridized carbons (Fsp3) is 0.231. The molecule has 0 saturated heterocycles. The zero-order valence-corrected chi connectivity index (χ0v) is 22.5. The highest BCUT2D eigenvalue weighted by molar-refractivity contribution is 7.92. The maximum Gasteiger partial charge on any atom is 0.244 e. The number of nitrogens with zero attached hydrogens (tertiary/aromatic N) is 2. The van der Waals surface area contributed by atoms with E-state index in [0.29, 0.717) is 10.6 Å². The third-order valence-corrected chi connectivity index (χ3v) is 7.34. The monoisotopic (exact) mass is 565 g/mol. The van der Waals surface area contributed by atoms with Crippen molar-refractivity contribution in [1.29, 1.82) is 0 Å². The third-order valence-electron chi connectivity index (χ3n) is 5.65. The maximum absolute atomic E-state index is 13.8. The molecular weight excluding hydrogens is 540 g/mol. The quantitative estimate of drug-likeness (QED) is 0.397. The van der Waals surface area contributed by atoms with E-state index >= 15 is 0 Å². The summed E-state index contributed by atoms with van der Waals surface area (Å²) in [7, 11) is -2.51. The van der Waals surface area contributed by atoms with Crippen LogP contribution in [0.3, 0.4) is 0 Å². The lowest BCUT2D eigenvalue weighted by Crippen LogP contribution is -2.52. The summed E-state index contributed by atoms with van der Waals surface area (Å²) >= 11 is 11.9. The Morgan fingerprint density at radius 1 is 0.973 bits per heavy atom. The van der Waals surface area contributed by atoms with E-state index in [-0.39, 0.29) is 23.7 Å². The van der Waals surface area contributed by atoms with Crippen LogP contribution in [-0.4, -0.2) is 51.0 Å². The lowest BCUT2D eigenvalue weighted by Gasteiger charge is -2.33. The third kappa shape index (κ3) is 7.67. The van der Waals surface area contributed by atoms with E-state index in [2.05, 4.69) is 5.32 Å². The Kier molecular flexibility index (Phi) is 9.53. The molecule has 0 aromatic heterocycles. The van der Waals surface area contributed by atoms with Gasteiger partial charge in [-0.25, -0.2) is 12.8 Å². The number of benzene rings is 3. The number of halogens is 3. The van der Waals surface area contributed by atoms with Crippen molar-refractivity contribution in [3.63, 3.8) is 0 Å². The zero-order valence-electron chi connectivity index (χ0n) is 20.2. The number of hydrogen-bond acceptors (Lipinski definition) is 4. The Bertz CT molecular complexity index is 1360. The largest absolute Gasteiger partial charge is 0.357 e. The van der Waals surface area contributed by atoms with Gasteiger partial charge in [0.15, 0.2) is 0 Å². The summed E-state index contributed by atoms with van der Waals surface area (Å²) in [6.07, 6.45) is 1.13. The Morgan fingerprint density at radius 2 is 1.62 bits per heavy atom. The lowest BCUT2D eigenvalue weighted by molar-refractivity contribution is -0.139. The topological polar surface area (TPSA) is 86.8 Å². The van der Waals surface area contributed by atoms with Crippen LogP contribution in [0.2, 0.25) is 10.0 Å². The number of carbonyl (C=O) groups excluding carboxylic acids is 2. The van der Waals surface area contributed by atoms with Gasteiger partial charge in [0.25, 0.3) is 0 Å². The van der Waals surface area contributed by atoms with Crippen molar-refractivity contribution in [2.45, 2.75) is 19.0 Å². The molecule has 0 saturated carbocycles. The molecule has 37 heavy (non-hydrogen) atoms. The maximum atomic E-state index is 13.8. The van der Waals surface area contributed by atoms with Crippen molar-refractivity contribution < 1.29 is 22.4 Å². The average Bonchev–Trinajstić information content (AvgIpc) is 2.87. The highest BCUT2D eigenvalue weighted by Gasteiger charge is 2.32. The van der Waals surface area contributed by atoms with E-state index in [4.69, 9.17) is 23.2 Å². The van der Waals surface area contributed by atoms with E-state index in [1.165, 1.54) is 18.0 Å². The van der Waals surface area contributed by atoms with Gasteiger partial charge in [-0.2, -0.15) is 0 Å². The van der Waals surface area contributed by atoms with Gasteiger partial charge in [0.05, 0.1) is 17.0 Å². The molecule has 0 bridgehead atoms. The minimum absolute atomic E-state index is 0.0166. The molecule has 1 N–H and O–H groups in total. The Balaban J connectivity index is 2.03. The summed E-state index contributed by atoms with van der Waals surface area (Å²) < 4.78 is 39.9. The molecule has 2 amide bonds. The first-order chi connectivity index (χ1) is 17.5. The molecule has 0 aliphatic rings. The number of carbonyl (C=O) groups is 2. The number of likely N-dealkylation sites (N-methyl/N-ethyl adjacent to an activating group) is 1. The second-order valence-electron chi connectivity index (χ2n) is 8.34. The first kappa shape index (κ1) is 28.4. The molecule has 0 radical (unpaired) electrons. The molecule has 3 aromatic rings. The molecule has 0 heterocycles. The van der Waals surface area contributed by atoms with Crippen molar-refractivity contribution in [2.24, 2.45) is 0 Å². The van der Waals surface area contributed by atoms with Gasteiger partial charge in [-0.3, -0.25) is 13.9 Å². The molecule has 0 aliphatic heterocycles. The predicted octanol–water partition coefficient (Wildman–Crippen LogP) is 4.28. The Morgan fingerprint density at radius 3 is 2.19 bits per heavy atom. The van der Waals surface area contributed by atoms with Crippen LogP contribution in [0.5, 0.6) is 0 Å². The van der Waals surface area contributed by atoms with Crippen LogP contribution in [0, 0.1) is 5.82 Å². The summed E-state index contributed by atoms with van der Waals surface area (Å²) in [6.45, 7) is -0.612. The number of hydrogen-bond donors (Lipinski definition) is 1. The van der Waals surface area contributed by atoms with Gasteiger partial charge in [0.1, 0.15) is 18.4 Å². The van der Waals surface area contributed by atoms with Crippen LogP contribution in [0.25, 0.3) is 0 Å². The summed E-state index contributed by atoms with van der Waals surface area (Å²) in [5.41, 5.74) is 1.53. The van der Waals surface area contributed by atoms with Crippen LogP contribution in [0.15, 0.2) is 72.8 Å². The van der Waals surface area contributed by atoms with Crippen molar-refractivity contribution >= 4 is 50.7 Å². The summed E-state index contributed by atoms with van der Waals surface area (Å²) in [5.74, 6) is -1.77. The number of sulfonamides is 1. The van der Waals surface area contributed by atoms with Crippen LogP contribution in [0.1, 0.15) is 11.1 Å². The Hall–Kier alpha value is -3.14. The van der Waals surface area contributed by atoms with Crippen LogP contribution >= 0.6 is 23.2 Å². The predicted molar refractivity (Wildman–Crippen MR) is 144 cm³/mol. The van der Waals surface area contributed by atoms with Gasteiger partial charge in [-0.1, -0.05) is 65.7 Å². The van der Waals surface area contributed by atoms with Crippen molar-refractivity contribution in [2.75, 3.05) is 24.2 Å². The van der Waals surface area contributed by atoms with E-state index in [1.807, 2.05) is 30.3 Å². The molecule has 196 valence electrons. The van der Waals surface area contributed by atoms with Gasteiger partial charge >= 0.3 is 0 Å². The van der Waals surface area contributed by atoms with E-state index < -0.39 is 40.2 Å². The molecule has 0 aliphatic carbocycles. The van der Waals surface area contributed by atoms with E-state index in [1.54, 1.807) is 24.3 Å². The first-order valence-electron chi connectivity index (χ1n) is 11.2. The zero-order chi connectivity index (χ0) is 27.2. The molecule has 11 heteroatoms. The fourth-order valence-corrected chi connectivity index (χ4v) is 4.90. The smallest absolute Gasteiger partial charge is 0.244 e. The molecule has 0 spiro atoms. The van der Waals surface area contributed by atoms with Gasteiger partial charge in [0, 0.05) is 25.0 Å². The summed E-state index contributed by atoms with van der Waals surface area (Å²) in [4.78, 5) is 28.1. The summed E-state index contributed by atoms with van der Waals surface area (Å²) in [5, 5.41) is 2.82. The SMILES string of the molecule is CNC(=O)C(Cc1ccccc1)N(Cc1ccc(Cl)cc1)C(=O)CN(c1ccc(F)c(Cl)c1)S(C)(=O)=O. The molecule has 3 aromatic carbocycles. The standard InChI is InChI=1S/C26H26Cl2FN3O4S/c1-30-26(34)24(14-18-6-4-3-5-7-18)31(16-19-8-10-20(27)11-9-19)25(33)17-32(37(2,35)36)21-12-13-23(29)22(28)15-21/h3-13,15,24H,14,16-17H2,1-2H3,(H,30,34). The number of rotatable bonds is 10.